The number of benzene rings is 1. The Morgan fingerprint density at radius 2 is 1.63 bits per heavy atom. The van der Waals surface area contributed by atoms with Crippen molar-refractivity contribution in [1.29, 1.82) is 0 Å². The third kappa shape index (κ3) is 5.42. The fourth-order valence-electron chi connectivity index (χ4n) is 1.39. The van der Waals surface area contributed by atoms with Crippen LogP contribution in [0.2, 0.25) is 0 Å². The second-order valence-corrected chi connectivity index (χ2v) is 4.89. The molecule has 0 aliphatic heterocycles. The van der Waals surface area contributed by atoms with Crippen molar-refractivity contribution in [2.45, 2.75) is 39.5 Å². The maximum atomic E-state index is 11.4. The molecule has 0 fully saturated rings. The van der Waals surface area contributed by atoms with Gasteiger partial charge in [0.25, 0.3) is 0 Å². The molecule has 0 spiro atoms. The minimum atomic E-state index is -0.279. The third-order valence-electron chi connectivity index (χ3n) is 2.27. The van der Waals surface area contributed by atoms with Crippen molar-refractivity contribution in [3.63, 3.8) is 0 Å². The van der Waals surface area contributed by atoms with E-state index in [1.54, 1.807) is 18.2 Å². The fraction of sp³-hybridized carbons (Fsp3) is 0.429. The molecular formula is C14H17BrO4. The highest BCUT2D eigenvalue weighted by Gasteiger charge is 2.10. The van der Waals surface area contributed by atoms with E-state index in [2.05, 4.69) is 15.9 Å². The first-order valence-corrected chi connectivity index (χ1v) is 7.07. The number of carbonyl (C=O) groups is 2. The van der Waals surface area contributed by atoms with E-state index in [1.807, 2.05) is 13.8 Å². The number of hydrogen-bond acceptors (Lipinski definition) is 4. The highest BCUT2D eigenvalue weighted by Crippen LogP contribution is 2.29. The van der Waals surface area contributed by atoms with Crippen LogP contribution in [0.3, 0.4) is 0 Å². The van der Waals surface area contributed by atoms with Crippen LogP contribution in [0.15, 0.2) is 22.7 Å². The number of esters is 2. The zero-order valence-electron chi connectivity index (χ0n) is 11.1. The van der Waals surface area contributed by atoms with E-state index in [-0.39, 0.29) is 11.9 Å². The van der Waals surface area contributed by atoms with Crippen LogP contribution < -0.4 is 9.47 Å². The SMILES string of the molecule is CCCC(=O)Oc1ccc(OC(=O)CCC)c(Br)c1. The van der Waals surface area contributed by atoms with Gasteiger partial charge in [0.15, 0.2) is 0 Å². The molecule has 1 aromatic rings. The standard InChI is InChI=1S/C14H17BrO4/c1-3-5-13(16)18-10-7-8-12(11(15)9-10)19-14(17)6-4-2/h7-9H,3-6H2,1-2H3. The van der Waals surface area contributed by atoms with Gasteiger partial charge in [-0.15, -0.1) is 0 Å². The van der Waals surface area contributed by atoms with Gasteiger partial charge in [0, 0.05) is 12.8 Å². The van der Waals surface area contributed by atoms with Crippen molar-refractivity contribution >= 4 is 27.9 Å². The summed E-state index contributed by atoms with van der Waals surface area (Å²) in [5.74, 6) is 0.304. The summed E-state index contributed by atoms with van der Waals surface area (Å²) in [6, 6.07) is 4.82. The molecule has 19 heavy (non-hydrogen) atoms. The molecule has 0 radical (unpaired) electrons. The van der Waals surface area contributed by atoms with Gasteiger partial charge in [-0.25, -0.2) is 0 Å². The van der Waals surface area contributed by atoms with Crippen LogP contribution >= 0.6 is 15.9 Å². The summed E-state index contributed by atoms with van der Waals surface area (Å²) in [4.78, 5) is 22.7. The van der Waals surface area contributed by atoms with Gasteiger partial charge in [0.2, 0.25) is 0 Å². The van der Waals surface area contributed by atoms with Gasteiger partial charge in [0.1, 0.15) is 11.5 Å². The molecule has 104 valence electrons. The number of halogens is 1. The summed E-state index contributed by atoms with van der Waals surface area (Å²) in [7, 11) is 0. The van der Waals surface area contributed by atoms with Gasteiger partial charge in [0.05, 0.1) is 4.47 Å². The van der Waals surface area contributed by atoms with Crippen LogP contribution in [-0.2, 0) is 9.59 Å². The van der Waals surface area contributed by atoms with Gasteiger partial charge in [-0.1, -0.05) is 13.8 Å². The maximum absolute atomic E-state index is 11.4. The minimum absolute atomic E-state index is 0.273. The minimum Gasteiger partial charge on any atom is -0.426 e. The normalized spacial score (nSPS) is 10.1. The summed E-state index contributed by atoms with van der Waals surface area (Å²) >= 11 is 3.29. The average molecular weight is 329 g/mol. The van der Waals surface area contributed by atoms with Crippen molar-refractivity contribution in [2.24, 2.45) is 0 Å². The molecule has 0 atom stereocenters. The number of ether oxygens (including phenoxy) is 2. The summed E-state index contributed by atoms with van der Waals surface area (Å²) in [5.41, 5.74) is 0. The molecule has 0 amide bonds. The Morgan fingerprint density at radius 1 is 1.05 bits per heavy atom. The quantitative estimate of drug-likeness (QED) is 0.587. The van der Waals surface area contributed by atoms with E-state index in [9.17, 15) is 9.59 Å². The van der Waals surface area contributed by atoms with E-state index >= 15 is 0 Å². The lowest BCUT2D eigenvalue weighted by Gasteiger charge is -2.08. The largest absolute Gasteiger partial charge is 0.426 e. The van der Waals surface area contributed by atoms with Gasteiger partial charge in [-0.2, -0.15) is 0 Å². The molecule has 5 heteroatoms. The Morgan fingerprint density at radius 3 is 2.16 bits per heavy atom. The maximum Gasteiger partial charge on any atom is 0.311 e. The summed E-state index contributed by atoms with van der Waals surface area (Å²) < 4.78 is 10.9. The van der Waals surface area contributed by atoms with Crippen LogP contribution in [0.5, 0.6) is 11.5 Å². The first-order chi connectivity index (χ1) is 9.06. The van der Waals surface area contributed by atoms with Crippen LogP contribution in [0, 0.1) is 0 Å². The Balaban J connectivity index is 2.69. The smallest absolute Gasteiger partial charge is 0.311 e. The predicted octanol–water partition coefficient (Wildman–Crippen LogP) is 3.86. The lowest BCUT2D eigenvalue weighted by molar-refractivity contribution is -0.135. The fourth-order valence-corrected chi connectivity index (χ4v) is 1.83. The summed E-state index contributed by atoms with van der Waals surface area (Å²) in [5, 5.41) is 0. The van der Waals surface area contributed by atoms with E-state index in [1.165, 1.54) is 0 Å². The molecule has 0 aliphatic carbocycles. The Kier molecular flexibility index (Phi) is 6.56. The summed E-state index contributed by atoms with van der Waals surface area (Å²) in [6.07, 6.45) is 2.24. The topological polar surface area (TPSA) is 52.6 Å². The van der Waals surface area contributed by atoms with Gasteiger partial charge < -0.3 is 9.47 Å². The Hall–Kier alpha value is -1.36. The number of carbonyl (C=O) groups excluding carboxylic acids is 2. The highest BCUT2D eigenvalue weighted by molar-refractivity contribution is 9.10. The predicted molar refractivity (Wildman–Crippen MR) is 75.2 cm³/mol. The zero-order chi connectivity index (χ0) is 14.3. The molecule has 0 aliphatic rings. The average Bonchev–Trinajstić information content (AvgIpc) is 2.33. The molecular weight excluding hydrogens is 312 g/mol. The molecule has 0 bridgehead atoms. The van der Waals surface area contributed by atoms with Gasteiger partial charge in [-0.05, 0) is 47.0 Å². The second-order valence-electron chi connectivity index (χ2n) is 4.04. The molecule has 0 saturated heterocycles. The molecule has 0 N–H and O–H groups in total. The lowest BCUT2D eigenvalue weighted by Crippen LogP contribution is -2.08. The van der Waals surface area contributed by atoms with Crippen molar-refractivity contribution in [3.05, 3.63) is 22.7 Å². The molecule has 4 nitrogen and oxygen atoms in total. The van der Waals surface area contributed by atoms with Crippen LogP contribution in [-0.4, -0.2) is 11.9 Å². The Labute approximate surface area is 121 Å². The first kappa shape index (κ1) is 15.7. The van der Waals surface area contributed by atoms with E-state index < -0.39 is 0 Å². The molecule has 0 heterocycles. The number of hydrogen-bond donors (Lipinski definition) is 0. The van der Waals surface area contributed by atoms with Gasteiger partial charge >= 0.3 is 11.9 Å². The molecule has 1 aromatic carbocycles. The van der Waals surface area contributed by atoms with Crippen molar-refractivity contribution in [2.75, 3.05) is 0 Å². The third-order valence-corrected chi connectivity index (χ3v) is 2.89. The van der Waals surface area contributed by atoms with Crippen LogP contribution in [0.4, 0.5) is 0 Å². The van der Waals surface area contributed by atoms with Crippen LogP contribution in [0.1, 0.15) is 39.5 Å². The van der Waals surface area contributed by atoms with E-state index in [4.69, 9.17) is 9.47 Å². The van der Waals surface area contributed by atoms with Crippen molar-refractivity contribution in [1.82, 2.24) is 0 Å². The van der Waals surface area contributed by atoms with Crippen molar-refractivity contribution in [3.8, 4) is 11.5 Å². The lowest BCUT2D eigenvalue weighted by atomic mass is 10.3. The monoisotopic (exact) mass is 328 g/mol. The number of rotatable bonds is 6. The Bertz CT molecular complexity index is 457. The van der Waals surface area contributed by atoms with E-state index in [0.29, 0.717) is 28.8 Å². The molecule has 0 saturated carbocycles. The first-order valence-electron chi connectivity index (χ1n) is 6.27. The molecule has 0 aromatic heterocycles. The van der Waals surface area contributed by atoms with Crippen molar-refractivity contribution < 1.29 is 19.1 Å². The van der Waals surface area contributed by atoms with E-state index in [0.717, 1.165) is 12.8 Å². The summed E-state index contributed by atoms with van der Waals surface area (Å²) in [6.45, 7) is 3.82. The molecule has 1 rings (SSSR count). The highest BCUT2D eigenvalue weighted by atomic mass is 79.9. The zero-order valence-corrected chi connectivity index (χ0v) is 12.7. The molecule has 0 unspecified atom stereocenters. The second kappa shape index (κ2) is 7.94. The van der Waals surface area contributed by atoms with Crippen LogP contribution in [0.25, 0.3) is 0 Å². The van der Waals surface area contributed by atoms with Gasteiger partial charge in [-0.3, -0.25) is 9.59 Å².